The molecule has 0 amide bonds. The Balaban J connectivity index is 2.09. The molecule has 0 fully saturated rings. The van der Waals surface area contributed by atoms with Crippen LogP contribution >= 0.6 is 0 Å². The molecule has 2 aromatic carbocycles. The lowest BCUT2D eigenvalue weighted by molar-refractivity contribution is -0.149. The standard InChI is InChI=1S/C19H18O4/c1-14(20)12-17(18(21)16-10-6-3-7-11-16)19(22)23-13-15-8-4-2-5-9-15/h2-11,17H,12-13H2,1H3/t17-/m1/s1. The highest BCUT2D eigenvalue weighted by Gasteiger charge is 2.30. The van der Waals surface area contributed by atoms with Crippen LogP contribution in [0.25, 0.3) is 0 Å². The number of Topliss-reactive ketones (excluding diaryl/α,β-unsaturated/α-hetero) is 2. The molecule has 0 unspecified atom stereocenters. The van der Waals surface area contributed by atoms with Crippen LogP contribution in [-0.2, 0) is 20.9 Å². The van der Waals surface area contributed by atoms with Gasteiger partial charge in [0.25, 0.3) is 0 Å². The summed E-state index contributed by atoms with van der Waals surface area (Å²) in [6.45, 7) is 1.44. The number of hydrogen-bond donors (Lipinski definition) is 0. The Morgan fingerprint density at radius 1 is 0.913 bits per heavy atom. The summed E-state index contributed by atoms with van der Waals surface area (Å²) >= 11 is 0. The van der Waals surface area contributed by atoms with Crippen molar-refractivity contribution in [3.8, 4) is 0 Å². The number of hydrogen-bond acceptors (Lipinski definition) is 4. The maximum absolute atomic E-state index is 12.5. The van der Waals surface area contributed by atoms with Gasteiger partial charge in [-0.1, -0.05) is 60.7 Å². The smallest absolute Gasteiger partial charge is 0.317 e. The molecular weight excluding hydrogens is 292 g/mol. The highest BCUT2D eigenvalue weighted by atomic mass is 16.5. The molecule has 0 aromatic heterocycles. The summed E-state index contributed by atoms with van der Waals surface area (Å²) in [6.07, 6.45) is -0.151. The van der Waals surface area contributed by atoms with E-state index >= 15 is 0 Å². The normalized spacial score (nSPS) is 11.5. The second kappa shape index (κ2) is 8.03. The van der Waals surface area contributed by atoms with Crippen LogP contribution in [0.4, 0.5) is 0 Å². The molecule has 118 valence electrons. The van der Waals surface area contributed by atoms with Crippen molar-refractivity contribution in [2.45, 2.75) is 20.0 Å². The molecule has 0 radical (unpaired) electrons. The van der Waals surface area contributed by atoms with E-state index in [2.05, 4.69) is 0 Å². The summed E-state index contributed by atoms with van der Waals surface area (Å²) in [5, 5.41) is 0. The highest BCUT2D eigenvalue weighted by molar-refractivity contribution is 6.10. The van der Waals surface area contributed by atoms with Gasteiger partial charge < -0.3 is 4.74 Å². The van der Waals surface area contributed by atoms with Crippen LogP contribution in [0.5, 0.6) is 0 Å². The predicted molar refractivity (Wildman–Crippen MR) is 85.8 cm³/mol. The fourth-order valence-electron chi connectivity index (χ4n) is 2.20. The van der Waals surface area contributed by atoms with E-state index < -0.39 is 11.9 Å². The third-order valence-electron chi connectivity index (χ3n) is 3.37. The van der Waals surface area contributed by atoms with E-state index in [1.807, 2.05) is 30.3 Å². The lowest BCUT2D eigenvalue weighted by Gasteiger charge is -2.14. The Bertz CT molecular complexity index is 677. The van der Waals surface area contributed by atoms with Crippen LogP contribution < -0.4 is 0 Å². The maximum Gasteiger partial charge on any atom is 0.317 e. The summed E-state index contributed by atoms with van der Waals surface area (Å²) in [7, 11) is 0. The third-order valence-corrected chi connectivity index (χ3v) is 3.37. The van der Waals surface area contributed by atoms with Crippen molar-refractivity contribution in [1.82, 2.24) is 0 Å². The van der Waals surface area contributed by atoms with Crippen LogP contribution in [0.1, 0.15) is 29.3 Å². The van der Waals surface area contributed by atoms with E-state index in [-0.39, 0.29) is 24.6 Å². The summed E-state index contributed by atoms with van der Waals surface area (Å²) in [5.41, 5.74) is 1.23. The third kappa shape index (κ3) is 4.88. The van der Waals surface area contributed by atoms with Gasteiger partial charge in [-0.3, -0.25) is 14.4 Å². The fourth-order valence-corrected chi connectivity index (χ4v) is 2.20. The topological polar surface area (TPSA) is 60.4 Å². The van der Waals surface area contributed by atoms with Gasteiger partial charge in [-0.2, -0.15) is 0 Å². The summed E-state index contributed by atoms with van der Waals surface area (Å²) < 4.78 is 5.22. The molecule has 0 saturated carbocycles. The van der Waals surface area contributed by atoms with Gasteiger partial charge in [0.15, 0.2) is 5.78 Å². The molecule has 0 saturated heterocycles. The Morgan fingerprint density at radius 3 is 2.04 bits per heavy atom. The van der Waals surface area contributed by atoms with Gasteiger partial charge in [0.1, 0.15) is 18.3 Å². The Hall–Kier alpha value is -2.75. The van der Waals surface area contributed by atoms with Crippen LogP contribution in [0.3, 0.4) is 0 Å². The average molecular weight is 310 g/mol. The molecule has 0 heterocycles. The molecule has 2 aromatic rings. The van der Waals surface area contributed by atoms with Crippen molar-refractivity contribution >= 4 is 17.5 Å². The number of esters is 1. The van der Waals surface area contributed by atoms with E-state index in [9.17, 15) is 14.4 Å². The minimum absolute atomic E-state index is 0.0795. The van der Waals surface area contributed by atoms with E-state index in [0.29, 0.717) is 5.56 Å². The van der Waals surface area contributed by atoms with Crippen molar-refractivity contribution in [2.24, 2.45) is 5.92 Å². The molecule has 4 nitrogen and oxygen atoms in total. The average Bonchev–Trinajstić information content (AvgIpc) is 2.58. The lowest BCUT2D eigenvalue weighted by Crippen LogP contribution is -2.28. The summed E-state index contributed by atoms with van der Waals surface area (Å²) in [6, 6.07) is 17.7. The second-order valence-corrected chi connectivity index (χ2v) is 5.28. The molecule has 23 heavy (non-hydrogen) atoms. The van der Waals surface area contributed by atoms with Crippen LogP contribution in [0, 0.1) is 5.92 Å². The molecular formula is C19H18O4. The fraction of sp³-hybridized carbons (Fsp3) is 0.211. The first-order chi connectivity index (χ1) is 11.1. The molecule has 0 aliphatic heterocycles. The zero-order chi connectivity index (χ0) is 16.7. The molecule has 0 N–H and O–H groups in total. The zero-order valence-electron chi connectivity index (χ0n) is 12.9. The number of ether oxygens (including phenoxy) is 1. The minimum atomic E-state index is -1.10. The van der Waals surface area contributed by atoms with E-state index in [4.69, 9.17) is 4.74 Å². The molecule has 0 aliphatic carbocycles. The molecule has 0 spiro atoms. The first-order valence-electron chi connectivity index (χ1n) is 7.37. The number of rotatable bonds is 7. The Kier molecular flexibility index (Phi) is 5.80. The van der Waals surface area contributed by atoms with Gasteiger partial charge in [-0.05, 0) is 12.5 Å². The van der Waals surface area contributed by atoms with E-state index in [1.165, 1.54) is 6.92 Å². The number of benzene rings is 2. The first kappa shape index (κ1) is 16.6. The quantitative estimate of drug-likeness (QED) is 0.447. The van der Waals surface area contributed by atoms with E-state index in [1.54, 1.807) is 30.3 Å². The van der Waals surface area contributed by atoms with Crippen molar-refractivity contribution in [1.29, 1.82) is 0 Å². The van der Waals surface area contributed by atoms with Crippen molar-refractivity contribution in [3.05, 3.63) is 71.8 Å². The van der Waals surface area contributed by atoms with Crippen molar-refractivity contribution in [2.75, 3.05) is 0 Å². The van der Waals surface area contributed by atoms with Crippen LogP contribution in [0.2, 0.25) is 0 Å². The number of carbonyl (C=O) groups excluding carboxylic acids is 3. The van der Waals surface area contributed by atoms with Gasteiger partial charge in [0, 0.05) is 12.0 Å². The molecule has 0 bridgehead atoms. The van der Waals surface area contributed by atoms with Crippen molar-refractivity contribution < 1.29 is 19.1 Å². The van der Waals surface area contributed by atoms with Crippen LogP contribution in [0.15, 0.2) is 60.7 Å². The molecule has 4 heteroatoms. The van der Waals surface area contributed by atoms with Gasteiger partial charge >= 0.3 is 5.97 Å². The Morgan fingerprint density at radius 2 is 1.48 bits per heavy atom. The maximum atomic E-state index is 12.5. The first-order valence-corrected chi connectivity index (χ1v) is 7.37. The van der Waals surface area contributed by atoms with Gasteiger partial charge in [0.2, 0.25) is 0 Å². The molecule has 1 atom stereocenters. The van der Waals surface area contributed by atoms with E-state index in [0.717, 1.165) is 5.56 Å². The second-order valence-electron chi connectivity index (χ2n) is 5.28. The SMILES string of the molecule is CC(=O)C[C@@H](C(=O)OCc1ccccc1)C(=O)c1ccccc1. The van der Waals surface area contributed by atoms with Crippen LogP contribution in [-0.4, -0.2) is 17.5 Å². The minimum Gasteiger partial charge on any atom is -0.460 e. The molecule has 0 aliphatic rings. The van der Waals surface area contributed by atoms with Gasteiger partial charge in [-0.25, -0.2) is 0 Å². The lowest BCUT2D eigenvalue weighted by atomic mass is 9.93. The van der Waals surface area contributed by atoms with Gasteiger partial charge in [-0.15, -0.1) is 0 Å². The summed E-state index contributed by atoms with van der Waals surface area (Å²) in [4.78, 5) is 36.2. The highest BCUT2D eigenvalue weighted by Crippen LogP contribution is 2.16. The summed E-state index contributed by atoms with van der Waals surface area (Å²) in [5.74, 6) is -2.38. The number of ketones is 2. The molecule has 2 rings (SSSR count). The van der Waals surface area contributed by atoms with Gasteiger partial charge in [0.05, 0.1) is 0 Å². The Labute approximate surface area is 135 Å². The zero-order valence-corrected chi connectivity index (χ0v) is 12.9. The monoisotopic (exact) mass is 310 g/mol. The largest absolute Gasteiger partial charge is 0.460 e. The number of carbonyl (C=O) groups is 3. The van der Waals surface area contributed by atoms with Crippen molar-refractivity contribution in [3.63, 3.8) is 0 Å². The predicted octanol–water partition coefficient (Wildman–Crippen LogP) is 3.21.